The van der Waals surface area contributed by atoms with Gasteiger partial charge >= 0.3 is 0 Å². The quantitative estimate of drug-likeness (QED) is 0.717. The van der Waals surface area contributed by atoms with Gasteiger partial charge in [-0.1, -0.05) is 40.2 Å². The molecule has 1 unspecified atom stereocenters. The highest BCUT2D eigenvalue weighted by atomic mass is 79.9. The lowest BCUT2D eigenvalue weighted by molar-refractivity contribution is 0.589. The van der Waals surface area contributed by atoms with E-state index in [1.807, 2.05) is 13.1 Å². The van der Waals surface area contributed by atoms with E-state index in [9.17, 15) is 0 Å². The van der Waals surface area contributed by atoms with Gasteiger partial charge in [0.2, 0.25) is 0 Å². The summed E-state index contributed by atoms with van der Waals surface area (Å²) in [6.07, 6.45) is 0.949. The van der Waals surface area contributed by atoms with Crippen LogP contribution in [0.4, 0.5) is 0 Å². The van der Waals surface area contributed by atoms with Gasteiger partial charge in [-0.3, -0.25) is 0 Å². The molecule has 1 heterocycles. The van der Waals surface area contributed by atoms with Crippen molar-refractivity contribution in [1.29, 1.82) is 0 Å². The van der Waals surface area contributed by atoms with Crippen LogP contribution in [0, 0.1) is 6.92 Å². The minimum absolute atomic E-state index is 0.253. The Morgan fingerprint density at radius 1 is 1.24 bits per heavy atom. The number of halogens is 1. The van der Waals surface area contributed by atoms with Crippen molar-refractivity contribution < 1.29 is 0 Å². The first-order chi connectivity index (χ1) is 10.2. The Kier molecular flexibility index (Phi) is 4.38. The van der Waals surface area contributed by atoms with E-state index in [2.05, 4.69) is 64.6 Å². The summed E-state index contributed by atoms with van der Waals surface area (Å²) in [6, 6.07) is 15.1. The van der Waals surface area contributed by atoms with Gasteiger partial charge in [0.05, 0.1) is 16.3 Å². The number of para-hydroxylation sites is 1. The van der Waals surface area contributed by atoms with Crippen LogP contribution in [0.3, 0.4) is 0 Å². The fourth-order valence-corrected chi connectivity index (χ4v) is 3.75. The zero-order valence-corrected chi connectivity index (χ0v) is 14.5. The van der Waals surface area contributed by atoms with E-state index in [1.54, 1.807) is 11.3 Å². The highest BCUT2D eigenvalue weighted by Crippen LogP contribution is 2.28. The fourth-order valence-electron chi connectivity index (χ4n) is 2.42. The summed E-state index contributed by atoms with van der Waals surface area (Å²) in [4.78, 5) is 4.77. The molecular formula is C17H17BrN2S. The highest BCUT2D eigenvalue weighted by molar-refractivity contribution is 9.10. The van der Waals surface area contributed by atoms with Gasteiger partial charge in [0.25, 0.3) is 0 Å². The Balaban J connectivity index is 1.88. The largest absolute Gasteiger partial charge is 0.311 e. The molecule has 0 bridgehead atoms. The van der Waals surface area contributed by atoms with Crippen LogP contribution in [0.1, 0.15) is 22.2 Å². The molecule has 108 valence electrons. The van der Waals surface area contributed by atoms with Crippen LogP contribution in [0.25, 0.3) is 10.2 Å². The van der Waals surface area contributed by atoms with Crippen molar-refractivity contribution in [3.05, 3.63) is 63.1 Å². The molecule has 0 saturated carbocycles. The number of likely N-dealkylation sites (N-methyl/N-ethyl adjacent to an activating group) is 1. The standard InChI is InChI=1S/C17H17BrN2S/c1-11-9-12(7-8-13(11)18)10-15(19-2)17-20-14-5-3-4-6-16(14)21-17/h3-9,15,19H,10H2,1-2H3. The molecule has 0 spiro atoms. The second-order valence-corrected chi connectivity index (χ2v) is 7.07. The molecule has 0 aliphatic rings. The molecule has 21 heavy (non-hydrogen) atoms. The molecular weight excluding hydrogens is 344 g/mol. The van der Waals surface area contributed by atoms with Crippen LogP contribution in [-0.4, -0.2) is 12.0 Å². The molecule has 3 rings (SSSR count). The third-order valence-electron chi connectivity index (χ3n) is 3.62. The van der Waals surface area contributed by atoms with Crippen molar-refractivity contribution in [3.8, 4) is 0 Å². The average molecular weight is 361 g/mol. The Bertz CT molecular complexity index is 733. The lowest BCUT2D eigenvalue weighted by atomic mass is 10.0. The molecule has 2 nitrogen and oxygen atoms in total. The Morgan fingerprint density at radius 3 is 2.76 bits per heavy atom. The van der Waals surface area contributed by atoms with Crippen LogP contribution in [0.2, 0.25) is 0 Å². The normalized spacial score (nSPS) is 12.7. The van der Waals surface area contributed by atoms with Crippen molar-refractivity contribution in [2.45, 2.75) is 19.4 Å². The van der Waals surface area contributed by atoms with E-state index < -0.39 is 0 Å². The smallest absolute Gasteiger partial charge is 0.111 e. The highest BCUT2D eigenvalue weighted by Gasteiger charge is 2.15. The Hall–Kier alpha value is -1.23. The van der Waals surface area contributed by atoms with E-state index in [1.165, 1.54) is 15.8 Å². The summed E-state index contributed by atoms with van der Waals surface area (Å²) >= 11 is 5.33. The van der Waals surface area contributed by atoms with Gasteiger partial charge in [-0.15, -0.1) is 11.3 Å². The lowest BCUT2D eigenvalue weighted by Crippen LogP contribution is -2.18. The van der Waals surface area contributed by atoms with Gasteiger partial charge in [0.15, 0.2) is 0 Å². The Labute approximate surface area is 137 Å². The van der Waals surface area contributed by atoms with E-state index in [-0.39, 0.29) is 6.04 Å². The first-order valence-electron chi connectivity index (χ1n) is 6.95. The number of nitrogens with one attached hydrogen (secondary N) is 1. The Morgan fingerprint density at radius 2 is 2.05 bits per heavy atom. The summed E-state index contributed by atoms with van der Waals surface area (Å²) in [5, 5.41) is 4.55. The molecule has 2 aromatic carbocycles. The maximum Gasteiger partial charge on any atom is 0.111 e. The maximum absolute atomic E-state index is 4.77. The summed E-state index contributed by atoms with van der Waals surface area (Å²) < 4.78 is 2.41. The maximum atomic E-state index is 4.77. The van der Waals surface area contributed by atoms with Crippen molar-refractivity contribution in [2.24, 2.45) is 0 Å². The second kappa shape index (κ2) is 6.26. The van der Waals surface area contributed by atoms with Crippen molar-refractivity contribution in [3.63, 3.8) is 0 Å². The molecule has 0 aliphatic carbocycles. The molecule has 0 amide bonds. The molecule has 4 heteroatoms. The van der Waals surface area contributed by atoms with Crippen LogP contribution in [0.15, 0.2) is 46.9 Å². The van der Waals surface area contributed by atoms with Gasteiger partial charge in [0, 0.05) is 4.47 Å². The third-order valence-corrected chi connectivity index (χ3v) is 5.66. The minimum Gasteiger partial charge on any atom is -0.311 e. The fraction of sp³-hybridized carbons (Fsp3) is 0.235. The van der Waals surface area contributed by atoms with E-state index in [4.69, 9.17) is 4.98 Å². The number of thiazole rings is 1. The first-order valence-corrected chi connectivity index (χ1v) is 8.56. The van der Waals surface area contributed by atoms with Crippen LogP contribution < -0.4 is 5.32 Å². The number of nitrogens with zero attached hydrogens (tertiary/aromatic N) is 1. The summed E-state index contributed by atoms with van der Waals surface area (Å²) in [5.74, 6) is 0. The zero-order valence-electron chi connectivity index (χ0n) is 12.1. The molecule has 1 atom stereocenters. The summed E-state index contributed by atoms with van der Waals surface area (Å²) in [6.45, 7) is 2.12. The molecule has 3 aromatic rings. The SMILES string of the molecule is CNC(Cc1ccc(Br)c(C)c1)c1nc2ccccc2s1. The second-order valence-electron chi connectivity index (χ2n) is 5.15. The van der Waals surface area contributed by atoms with Gasteiger partial charge < -0.3 is 5.32 Å². The van der Waals surface area contributed by atoms with Gasteiger partial charge in [-0.05, 0) is 49.7 Å². The van der Waals surface area contributed by atoms with Crippen molar-refractivity contribution in [2.75, 3.05) is 7.05 Å². The molecule has 0 saturated heterocycles. The van der Waals surface area contributed by atoms with Crippen LogP contribution in [0.5, 0.6) is 0 Å². The van der Waals surface area contributed by atoms with Gasteiger partial charge in [-0.25, -0.2) is 4.98 Å². The van der Waals surface area contributed by atoms with Crippen molar-refractivity contribution in [1.82, 2.24) is 10.3 Å². The molecule has 0 aliphatic heterocycles. The van der Waals surface area contributed by atoms with Crippen LogP contribution in [-0.2, 0) is 6.42 Å². The number of rotatable bonds is 4. The lowest BCUT2D eigenvalue weighted by Gasteiger charge is -2.14. The predicted molar refractivity (Wildman–Crippen MR) is 94.0 cm³/mol. The number of fused-ring (bicyclic) bond motifs is 1. The van der Waals surface area contributed by atoms with Crippen LogP contribution >= 0.6 is 27.3 Å². The summed E-state index contributed by atoms with van der Waals surface area (Å²) in [5.41, 5.74) is 3.69. The third kappa shape index (κ3) is 3.18. The number of aromatic nitrogens is 1. The number of hydrogen-bond donors (Lipinski definition) is 1. The average Bonchev–Trinajstić information content (AvgIpc) is 2.92. The molecule has 1 aromatic heterocycles. The topological polar surface area (TPSA) is 24.9 Å². The number of aryl methyl sites for hydroxylation is 1. The van der Waals surface area contributed by atoms with E-state index in [0.717, 1.165) is 21.4 Å². The van der Waals surface area contributed by atoms with E-state index in [0.29, 0.717) is 0 Å². The molecule has 0 fully saturated rings. The number of hydrogen-bond acceptors (Lipinski definition) is 3. The molecule has 1 N–H and O–H groups in total. The van der Waals surface area contributed by atoms with Gasteiger partial charge in [0.1, 0.15) is 5.01 Å². The monoisotopic (exact) mass is 360 g/mol. The van der Waals surface area contributed by atoms with Gasteiger partial charge in [-0.2, -0.15) is 0 Å². The van der Waals surface area contributed by atoms with E-state index >= 15 is 0 Å². The summed E-state index contributed by atoms with van der Waals surface area (Å²) in [7, 11) is 2.00. The van der Waals surface area contributed by atoms with Crippen molar-refractivity contribution >= 4 is 37.5 Å². The first kappa shape index (κ1) is 14.7. The predicted octanol–water partition coefficient (Wildman–Crippen LogP) is 4.87. The zero-order chi connectivity index (χ0) is 14.8. The number of benzene rings is 2. The molecule has 0 radical (unpaired) electrons. The minimum atomic E-state index is 0.253.